The number of hydrogen-bond donors (Lipinski definition) is 2. The quantitative estimate of drug-likeness (QED) is 0.569. The molecule has 1 aromatic heterocycles. The second kappa shape index (κ2) is 9.36. The molecule has 0 radical (unpaired) electrons. The molecule has 0 saturated carbocycles. The first kappa shape index (κ1) is 19.9. The predicted molar refractivity (Wildman–Crippen MR) is 113 cm³/mol. The van der Waals surface area contributed by atoms with Crippen molar-refractivity contribution < 1.29 is 14.3 Å². The molecule has 7 nitrogen and oxygen atoms in total. The van der Waals surface area contributed by atoms with E-state index in [1.54, 1.807) is 32.4 Å². The number of ether oxygens (including phenoxy) is 2. The minimum Gasteiger partial charge on any atom is -0.497 e. The van der Waals surface area contributed by atoms with Gasteiger partial charge in [-0.05, 0) is 12.1 Å². The second-order valence-electron chi connectivity index (χ2n) is 6.02. The first-order chi connectivity index (χ1) is 14.1. The molecule has 0 bridgehead atoms. The average Bonchev–Trinajstić information content (AvgIpc) is 2.78. The topological polar surface area (TPSA) is 85.4 Å². The first-order valence-corrected chi connectivity index (χ1v) is 8.97. The average molecular weight is 390 g/mol. The number of aromatic nitrogens is 2. The lowest BCUT2D eigenvalue weighted by atomic mass is 10.2. The Hall–Kier alpha value is -3.87. The van der Waals surface area contributed by atoms with Crippen LogP contribution >= 0.6 is 0 Å². The van der Waals surface area contributed by atoms with Gasteiger partial charge in [0.25, 0.3) is 5.91 Å². The van der Waals surface area contributed by atoms with Gasteiger partial charge in [0, 0.05) is 24.2 Å². The van der Waals surface area contributed by atoms with Crippen LogP contribution in [0.15, 0.2) is 67.3 Å². The number of carbonyl (C=O) groups excluding carboxylic acids is 1. The molecule has 2 N–H and O–H groups in total. The van der Waals surface area contributed by atoms with E-state index in [1.165, 1.54) is 0 Å². The molecule has 0 saturated heterocycles. The summed E-state index contributed by atoms with van der Waals surface area (Å²) in [6.07, 6.45) is 1.61. The zero-order valence-electron chi connectivity index (χ0n) is 16.3. The van der Waals surface area contributed by atoms with Gasteiger partial charge >= 0.3 is 0 Å². The number of carbonyl (C=O) groups is 1. The highest BCUT2D eigenvalue weighted by atomic mass is 16.5. The molecule has 3 rings (SSSR count). The highest BCUT2D eigenvalue weighted by Gasteiger charge is 2.14. The molecule has 3 aromatic rings. The molecule has 29 heavy (non-hydrogen) atoms. The Morgan fingerprint density at radius 1 is 1.07 bits per heavy atom. The molecule has 0 spiro atoms. The Bertz CT molecular complexity index is 1010. The number of nitrogens with zero attached hydrogens (tertiary/aromatic N) is 2. The number of hydrogen-bond acceptors (Lipinski definition) is 6. The van der Waals surface area contributed by atoms with Crippen LogP contribution in [0.2, 0.25) is 0 Å². The summed E-state index contributed by atoms with van der Waals surface area (Å²) in [5.41, 5.74) is 1.73. The number of benzene rings is 2. The molecule has 7 heteroatoms. The second-order valence-corrected chi connectivity index (χ2v) is 6.02. The van der Waals surface area contributed by atoms with Crippen LogP contribution in [0.3, 0.4) is 0 Å². The minimum atomic E-state index is -0.311. The zero-order chi connectivity index (χ0) is 20.6. The Kier molecular flexibility index (Phi) is 6.42. The lowest BCUT2D eigenvalue weighted by Gasteiger charge is -2.13. The number of amides is 1. The van der Waals surface area contributed by atoms with Crippen molar-refractivity contribution in [3.63, 3.8) is 0 Å². The molecule has 2 aromatic carbocycles. The number of methoxy groups -OCH3 is 2. The summed E-state index contributed by atoms with van der Waals surface area (Å²) in [6, 6.07) is 16.4. The van der Waals surface area contributed by atoms with Gasteiger partial charge < -0.3 is 20.1 Å². The van der Waals surface area contributed by atoms with E-state index in [9.17, 15) is 4.79 Å². The zero-order valence-corrected chi connectivity index (χ0v) is 16.3. The van der Waals surface area contributed by atoms with E-state index in [-0.39, 0.29) is 11.6 Å². The van der Waals surface area contributed by atoms with E-state index in [0.717, 1.165) is 5.56 Å². The minimum absolute atomic E-state index is 0.246. The SMILES string of the molecule is C=CCNC(=O)c1cc(Nc2ccc(OC)cc2OC)nc(-c2ccccc2)n1. The van der Waals surface area contributed by atoms with Crippen molar-refractivity contribution in [1.29, 1.82) is 0 Å². The Morgan fingerprint density at radius 3 is 2.55 bits per heavy atom. The van der Waals surface area contributed by atoms with E-state index in [1.807, 2.05) is 42.5 Å². The number of anilines is 2. The summed E-state index contributed by atoms with van der Waals surface area (Å²) in [6.45, 7) is 3.96. The fraction of sp³-hybridized carbons (Fsp3) is 0.136. The third-order valence-corrected chi connectivity index (χ3v) is 4.07. The number of nitrogens with one attached hydrogen (secondary N) is 2. The van der Waals surface area contributed by atoms with Crippen LogP contribution in [0.1, 0.15) is 10.5 Å². The Balaban J connectivity index is 2.01. The van der Waals surface area contributed by atoms with Gasteiger partial charge in [-0.1, -0.05) is 36.4 Å². The van der Waals surface area contributed by atoms with E-state index in [4.69, 9.17) is 9.47 Å². The van der Waals surface area contributed by atoms with Gasteiger partial charge in [0.1, 0.15) is 23.0 Å². The summed E-state index contributed by atoms with van der Waals surface area (Å²) >= 11 is 0. The highest BCUT2D eigenvalue weighted by molar-refractivity contribution is 5.93. The van der Waals surface area contributed by atoms with Crippen LogP contribution in [-0.4, -0.2) is 36.6 Å². The molecule has 0 unspecified atom stereocenters. The van der Waals surface area contributed by atoms with Crippen molar-refractivity contribution >= 4 is 17.4 Å². The van der Waals surface area contributed by atoms with Crippen molar-refractivity contribution in [3.8, 4) is 22.9 Å². The molecule has 1 amide bonds. The summed E-state index contributed by atoms with van der Waals surface area (Å²) in [7, 11) is 3.16. The van der Waals surface area contributed by atoms with Gasteiger partial charge in [-0.15, -0.1) is 6.58 Å². The van der Waals surface area contributed by atoms with Gasteiger partial charge in [-0.25, -0.2) is 9.97 Å². The molecule has 0 fully saturated rings. The van der Waals surface area contributed by atoms with E-state index >= 15 is 0 Å². The largest absolute Gasteiger partial charge is 0.497 e. The van der Waals surface area contributed by atoms with Crippen LogP contribution in [0.5, 0.6) is 11.5 Å². The van der Waals surface area contributed by atoms with Gasteiger partial charge in [0.15, 0.2) is 5.82 Å². The van der Waals surface area contributed by atoms with Crippen LogP contribution in [-0.2, 0) is 0 Å². The monoisotopic (exact) mass is 390 g/mol. The van der Waals surface area contributed by atoms with Crippen LogP contribution < -0.4 is 20.1 Å². The van der Waals surface area contributed by atoms with Crippen LogP contribution in [0.25, 0.3) is 11.4 Å². The Labute approximate surface area is 169 Å². The molecular weight excluding hydrogens is 368 g/mol. The summed E-state index contributed by atoms with van der Waals surface area (Å²) in [5.74, 6) is 1.85. The maximum absolute atomic E-state index is 12.5. The van der Waals surface area contributed by atoms with Crippen molar-refractivity contribution in [1.82, 2.24) is 15.3 Å². The fourth-order valence-corrected chi connectivity index (χ4v) is 2.64. The molecule has 1 heterocycles. The first-order valence-electron chi connectivity index (χ1n) is 8.97. The normalized spacial score (nSPS) is 10.1. The van der Waals surface area contributed by atoms with E-state index in [0.29, 0.717) is 35.4 Å². The molecule has 0 aliphatic carbocycles. The van der Waals surface area contributed by atoms with Gasteiger partial charge in [0.05, 0.1) is 19.9 Å². The fourth-order valence-electron chi connectivity index (χ4n) is 2.64. The van der Waals surface area contributed by atoms with Gasteiger partial charge in [-0.2, -0.15) is 0 Å². The van der Waals surface area contributed by atoms with Gasteiger partial charge in [0.2, 0.25) is 0 Å². The summed E-state index contributed by atoms with van der Waals surface area (Å²) < 4.78 is 10.7. The third-order valence-electron chi connectivity index (χ3n) is 4.07. The maximum atomic E-state index is 12.5. The summed E-state index contributed by atoms with van der Waals surface area (Å²) in [5, 5.41) is 5.94. The van der Waals surface area contributed by atoms with Crippen LogP contribution in [0, 0.1) is 0 Å². The molecular formula is C22H22N4O3. The summed E-state index contributed by atoms with van der Waals surface area (Å²) in [4.78, 5) is 21.5. The molecule has 0 aliphatic heterocycles. The Morgan fingerprint density at radius 2 is 1.86 bits per heavy atom. The highest BCUT2D eigenvalue weighted by Crippen LogP contribution is 2.31. The third kappa shape index (κ3) is 4.90. The standard InChI is InChI=1S/C22H22N4O3/c1-4-12-23-22(27)18-14-20(26-21(25-18)15-8-6-5-7-9-15)24-17-11-10-16(28-2)13-19(17)29-3/h4-11,13-14H,1,12H2,2-3H3,(H,23,27)(H,24,25,26). The van der Waals surface area contributed by atoms with Crippen molar-refractivity contribution in [2.24, 2.45) is 0 Å². The molecule has 0 atom stereocenters. The van der Waals surface area contributed by atoms with Crippen molar-refractivity contribution in [2.45, 2.75) is 0 Å². The number of rotatable bonds is 8. The van der Waals surface area contributed by atoms with Crippen molar-refractivity contribution in [3.05, 3.63) is 72.9 Å². The smallest absolute Gasteiger partial charge is 0.270 e. The van der Waals surface area contributed by atoms with Crippen LogP contribution in [0.4, 0.5) is 11.5 Å². The van der Waals surface area contributed by atoms with Gasteiger partial charge in [-0.3, -0.25) is 4.79 Å². The molecule has 0 aliphatic rings. The van der Waals surface area contributed by atoms with Crippen molar-refractivity contribution in [2.75, 3.05) is 26.1 Å². The maximum Gasteiger partial charge on any atom is 0.270 e. The van der Waals surface area contributed by atoms with E-state index < -0.39 is 0 Å². The lowest BCUT2D eigenvalue weighted by Crippen LogP contribution is -2.24. The lowest BCUT2D eigenvalue weighted by molar-refractivity contribution is 0.0953. The predicted octanol–water partition coefficient (Wildman–Crippen LogP) is 3.82. The van der Waals surface area contributed by atoms with E-state index in [2.05, 4.69) is 27.2 Å². The molecule has 148 valence electrons.